The summed E-state index contributed by atoms with van der Waals surface area (Å²) in [6, 6.07) is 14.2. The third-order valence-electron chi connectivity index (χ3n) is 11.4. The van der Waals surface area contributed by atoms with Gasteiger partial charge in [0.1, 0.15) is 30.0 Å². The number of aromatic amines is 2. The van der Waals surface area contributed by atoms with Gasteiger partial charge < -0.3 is 39.7 Å². The number of carbonyl (C=O) groups excluding carboxylic acids is 2. The molecule has 5 aromatic rings. The van der Waals surface area contributed by atoms with Crippen molar-refractivity contribution in [1.29, 1.82) is 0 Å². The third kappa shape index (κ3) is 5.97. The molecule has 0 radical (unpaired) electrons. The number of amides is 2. The summed E-state index contributed by atoms with van der Waals surface area (Å²) >= 11 is 0. The lowest BCUT2D eigenvalue weighted by atomic mass is 9.92. The molecule has 0 aliphatic carbocycles. The Morgan fingerprint density at radius 1 is 1.04 bits per heavy atom. The zero-order valence-corrected chi connectivity index (χ0v) is 30.6. The smallest absolute Gasteiger partial charge is 0.407 e. The van der Waals surface area contributed by atoms with Gasteiger partial charge in [-0.2, -0.15) is 0 Å². The van der Waals surface area contributed by atoms with Crippen molar-refractivity contribution >= 4 is 33.8 Å². The Hall–Kier alpha value is -4.94. The largest absolute Gasteiger partial charge is 0.488 e. The molecule has 2 saturated heterocycles. The van der Waals surface area contributed by atoms with Crippen molar-refractivity contribution in [3.8, 4) is 28.1 Å². The number of H-pyrrole nitrogens is 2. The van der Waals surface area contributed by atoms with Crippen LogP contribution in [0.2, 0.25) is 0 Å². The van der Waals surface area contributed by atoms with E-state index in [0.29, 0.717) is 12.5 Å². The van der Waals surface area contributed by atoms with Gasteiger partial charge in [0.25, 0.3) is 0 Å². The first-order valence-corrected chi connectivity index (χ1v) is 18.3. The van der Waals surface area contributed by atoms with E-state index in [-0.39, 0.29) is 35.9 Å². The number of benzene rings is 3. The van der Waals surface area contributed by atoms with Crippen molar-refractivity contribution in [2.45, 2.75) is 71.3 Å². The number of alkyl carbamates (subject to hydrolysis) is 1. The van der Waals surface area contributed by atoms with Gasteiger partial charge in [-0.1, -0.05) is 39.0 Å². The Kier molecular flexibility index (Phi) is 8.91. The summed E-state index contributed by atoms with van der Waals surface area (Å²) in [5, 5.41) is 8.41. The molecule has 3 aliphatic rings. The zero-order chi connectivity index (χ0) is 36.3. The molecule has 0 spiro atoms. The minimum absolute atomic E-state index is 0.0300. The number of fused-ring (bicyclic) bond motifs is 6. The molecular formula is C40H47N7O5. The van der Waals surface area contributed by atoms with Crippen LogP contribution in [0.1, 0.15) is 69.8 Å². The number of nitrogens with one attached hydrogen (secondary N) is 4. The van der Waals surface area contributed by atoms with Crippen LogP contribution in [0.4, 0.5) is 4.79 Å². The molecule has 2 amide bonds. The Morgan fingerprint density at radius 2 is 1.88 bits per heavy atom. The molecule has 5 heterocycles. The molecule has 12 nitrogen and oxygen atoms in total. The molecule has 2 aromatic heterocycles. The van der Waals surface area contributed by atoms with Crippen LogP contribution in [0.25, 0.3) is 44.2 Å². The zero-order valence-electron chi connectivity index (χ0n) is 30.6. The standard InChI is InChI=1S/C40H47N7O5/c1-20(2)35(46-40(49)51-6)39(48)47-22(4)21(3)11-33(47)38-43-30-10-8-24-14-29-27-9-7-25(13-26(27)19-52-34(29)15-28(24)36(30)45-38)32-17-42-37(44-32)31-12-23(16-41-31)18-50-5/h7-10,13-15,17,20-23,31,33,35,41H,11-12,16,18-19H2,1-6H3,(H,42,44)(H,43,45)(H,46,49)/t21-,22-,23+,31+,33+,35+/m1/s1. The number of nitrogens with zero attached hydrogens (tertiary/aromatic N) is 3. The van der Waals surface area contributed by atoms with Gasteiger partial charge in [0, 0.05) is 30.6 Å². The number of methoxy groups -OCH3 is 2. The minimum Gasteiger partial charge on any atom is -0.488 e. The van der Waals surface area contributed by atoms with Crippen LogP contribution in [-0.4, -0.2) is 76.3 Å². The SMILES string of the molecule is COC[C@@H]1CN[C@H](c2ncc(-c3ccc4c(c3)COc3cc5c(ccc6nc([C@@H]7C[C@@H](C)[C@@H](C)N7C(=O)[C@@H](NC(=O)OC)C(C)C)[nH]c65)cc3-4)[nH]2)C1. The average Bonchev–Trinajstić information content (AvgIpc) is 3.96. The molecule has 52 heavy (non-hydrogen) atoms. The van der Waals surface area contributed by atoms with Gasteiger partial charge in [-0.05, 0) is 83.9 Å². The highest BCUT2D eigenvalue weighted by atomic mass is 16.5. The summed E-state index contributed by atoms with van der Waals surface area (Å²) in [6.07, 6.45) is 3.06. The quantitative estimate of drug-likeness (QED) is 0.141. The van der Waals surface area contributed by atoms with Gasteiger partial charge in [-0.15, -0.1) is 0 Å². The topological polar surface area (TPSA) is 146 Å². The van der Waals surface area contributed by atoms with E-state index in [1.807, 2.05) is 31.0 Å². The van der Waals surface area contributed by atoms with E-state index in [0.717, 1.165) is 93.1 Å². The molecule has 6 atom stereocenters. The lowest BCUT2D eigenvalue weighted by Gasteiger charge is -2.33. The maximum Gasteiger partial charge on any atom is 0.407 e. The Labute approximate surface area is 303 Å². The van der Waals surface area contributed by atoms with Gasteiger partial charge in [-0.25, -0.2) is 14.8 Å². The van der Waals surface area contributed by atoms with E-state index < -0.39 is 12.1 Å². The highest BCUT2D eigenvalue weighted by molar-refractivity contribution is 6.07. The second-order valence-electron chi connectivity index (χ2n) is 15.1. The van der Waals surface area contributed by atoms with Gasteiger partial charge in [-0.3, -0.25) is 4.79 Å². The number of aromatic nitrogens is 4. The fourth-order valence-corrected chi connectivity index (χ4v) is 8.36. The predicted molar refractivity (Wildman–Crippen MR) is 199 cm³/mol. The fourth-order valence-electron chi connectivity index (χ4n) is 8.36. The van der Waals surface area contributed by atoms with Crippen molar-refractivity contribution in [2.75, 3.05) is 27.4 Å². The number of carbonyl (C=O) groups is 2. The molecule has 0 bridgehead atoms. The summed E-state index contributed by atoms with van der Waals surface area (Å²) < 4.78 is 16.6. The number of ether oxygens (including phenoxy) is 3. The highest BCUT2D eigenvalue weighted by Gasteiger charge is 2.44. The first-order chi connectivity index (χ1) is 25.1. The van der Waals surface area contributed by atoms with Crippen LogP contribution >= 0.6 is 0 Å². The monoisotopic (exact) mass is 705 g/mol. The number of likely N-dealkylation sites (tertiary alicyclic amines) is 1. The molecule has 4 N–H and O–H groups in total. The maximum absolute atomic E-state index is 14.0. The van der Waals surface area contributed by atoms with Crippen LogP contribution < -0.4 is 15.4 Å². The number of hydrogen-bond donors (Lipinski definition) is 4. The number of hydrogen-bond acceptors (Lipinski definition) is 8. The van der Waals surface area contributed by atoms with E-state index in [4.69, 9.17) is 24.2 Å². The fraction of sp³-hybridized carbons (Fsp3) is 0.450. The minimum atomic E-state index is -0.712. The van der Waals surface area contributed by atoms with Crippen molar-refractivity contribution in [3.05, 3.63) is 65.9 Å². The molecule has 2 fully saturated rings. The lowest BCUT2D eigenvalue weighted by Crippen LogP contribution is -2.53. The van der Waals surface area contributed by atoms with E-state index in [1.165, 1.54) is 7.11 Å². The second kappa shape index (κ2) is 13.6. The Morgan fingerprint density at radius 3 is 2.67 bits per heavy atom. The van der Waals surface area contributed by atoms with E-state index in [1.54, 1.807) is 7.11 Å². The molecule has 8 rings (SSSR count). The summed E-state index contributed by atoms with van der Waals surface area (Å²) in [5.41, 5.74) is 7.14. The second-order valence-corrected chi connectivity index (χ2v) is 15.1. The summed E-state index contributed by atoms with van der Waals surface area (Å²) in [4.78, 5) is 45.0. The summed E-state index contributed by atoms with van der Waals surface area (Å²) in [5.74, 6) is 3.01. The van der Waals surface area contributed by atoms with Gasteiger partial charge in [0.15, 0.2) is 0 Å². The van der Waals surface area contributed by atoms with Crippen LogP contribution in [0.15, 0.2) is 48.7 Å². The molecule has 0 unspecified atom stereocenters. The van der Waals surface area contributed by atoms with Crippen molar-refractivity contribution in [3.63, 3.8) is 0 Å². The van der Waals surface area contributed by atoms with Gasteiger partial charge >= 0.3 is 6.09 Å². The number of rotatable bonds is 8. The molecule has 272 valence electrons. The molecule has 3 aliphatic heterocycles. The lowest BCUT2D eigenvalue weighted by molar-refractivity contribution is -0.137. The normalized spacial score (nSPS) is 23.1. The highest BCUT2D eigenvalue weighted by Crippen LogP contribution is 2.44. The predicted octanol–water partition coefficient (Wildman–Crippen LogP) is 6.64. The van der Waals surface area contributed by atoms with E-state index in [2.05, 4.69) is 70.8 Å². The first-order valence-electron chi connectivity index (χ1n) is 18.3. The van der Waals surface area contributed by atoms with Crippen LogP contribution in [-0.2, 0) is 20.9 Å². The van der Waals surface area contributed by atoms with Gasteiger partial charge in [0.05, 0.1) is 48.7 Å². The van der Waals surface area contributed by atoms with Crippen LogP contribution in [0, 0.1) is 17.8 Å². The first kappa shape index (κ1) is 34.2. The Balaban J connectivity index is 1.08. The van der Waals surface area contributed by atoms with E-state index >= 15 is 0 Å². The summed E-state index contributed by atoms with van der Waals surface area (Å²) in [7, 11) is 3.06. The summed E-state index contributed by atoms with van der Waals surface area (Å²) in [6.45, 7) is 10.2. The van der Waals surface area contributed by atoms with Gasteiger partial charge in [0.2, 0.25) is 5.91 Å². The average molecular weight is 706 g/mol. The van der Waals surface area contributed by atoms with Crippen LogP contribution in [0.3, 0.4) is 0 Å². The molecule has 0 saturated carbocycles. The molecular weight excluding hydrogens is 658 g/mol. The van der Waals surface area contributed by atoms with Crippen molar-refractivity contribution in [1.82, 2.24) is 35.5 Å². The Bertz CT molecular complexity index is 2160. The van der Waals surface area contributed by atoms with Crippen LogP contribution in [0.5, 0.6) is 5.75 Å². The maximum atomic E-state index is 14.0. The molecule has 12 heteroatoms. The van der Waals surface area contributed by atoms with Crippen molar-refractivity contribution in [2.24, 2.45) is 17.8 Å². The third-order valence-corrected chi connectivity index (χ3v) is 11.4. The van der Waals surface area contributed by atoms with Crippen molar-refractivity contribution < 1.29 is 23.8 Å². The molecule has 3 aromatic carbocycles. The number of imidazole rings is 2. The van der Waals surface area contributed by atoms with E-state index in [9.17, 15) is 9.59 Å².